The van der Waals surface area contributed by atoms with Crippen LogP contribution in [0.1, 0.15) is 24.2 Å². The second-order valence-electron chi connectivity index (χ2n) is 4.22. The Labute approximate surface area is 114 Å². The minimum atomic E-state index is -0.689. The summed E-state index contributed by atoms with van der Waals surface area (Å²) in [5, 5.41) is 13.4. The molecule has 0 bridgehead atoms. The Hall–Kier alpha value is -1.95. The Bertz CT molecular complexity index is 528. The smallest absolute Gasteiger partial charge is 0.283 e. The molecule has 0 aliphatic rings. The molecular formula is C12H13ClN2O4. The predicted octanol–water partition coefficient (Wildman–Crippen LogP) is 2.20. The molecule has 1 N–H and O–H groups in total. The molecule has 6 nitrogen and oxygen atoms in total. The van der Waals surface area contributed by atoms with Gasteiger partial charge in [-0.3, -0.25) is 19.7 Å². The molecule has 7 heteroatoms. The Morgan fingerprint density at radius 2 is 2.05 bits per heavy atom. The van der Waals surface area contributed by atoms with Gasteiger partial charge in [0.25, 0.3) is 11.6 Å². The Kier molecular flexibility index (Phi) is 5.00. The Morgan fingerprint density at radius 1 is 1.42 bits per heavy atom. The Morgan fingerprint density at radius 3 is 2.58 bits per heavy atom. The van der Waals surface area contributed by atoms with Crippen LogP contribution in [0.2, 0.25) is 5.02 Å². The monoisotopic (exact) mass is 284 g/mol. The molecule has 0 heterocycles. The van der Waals surface area contributed by atoms with Crippen LogP contribution < -0.4 is 5.32 Å². The fraction of sp³-hybridized carbons (Fsp3) is 0.333. The third-order valence-electron chi connectivity index (χ3n) is 2.47. The molecule has 1 aromatic carbocycles. The number of nitrogens with zero attached hydrogens (tertiary/aromatic N) is 1. The number of ketones is 1. The van der Waals surface area contributed by atoms with Crippen molar-refractivity contribution in [2.75, 3.05) is 6.54 Å². The average molecular weight is 285 g/mol. The molecule has 0 spiro atoms. The zero-order valence-electron chi connectivity index (χ0n) is 10.5. The lowest BCUT2D eigenvalue weighted by molar-refractivity contribution is -0.385. The minimum Gasteiger partial charge on any atom is -0.345 e. The summed E-state index contributed by atoms with van der Waals surface area (Å²) in [5.74, 6) is -1.03. The van der Waals surface area contributed by atoms with Crippen molar-refractivity contribution in [1.82, 2.24) is 5.32 Å². The first-order valence-corrected chi connectivity index (χ1v) is 5.95. The summed E-state index contributed by atoms with van der Waals surface area (Å²) < 4.78 is 0. The van der Waals surface area contributed by atoms with Crippen molar-refractivity contribution in [2.24, 2.45) is 5.92 Å². The second kappa shape index (κ2) is 6.29. The predicted molar refractivity (Wildman–Crippen MR) is 70.3 cm³/mol. The highest BCUT2D eigenvalue weighted by atomic mass is 35.5. The van der Waals surface area contributed by atoms with Gasteiger partial charge >= 0.3 is 0 Å². The zero-order chi connectivity index (χ0) is 14.6. The quantitative estimate of drug-likeness (QED) is 0.663. The number of amides is 1. The number of benzene rings is 1. The number of nitrogens with one attached hydrogen (secondary N) is 1. The van der Waals surface area contributed by atoms with Crippen LogP contribution in [0.3, 0.4) is 0 Å². The third-order valence-corrected chi connectivity index (χ3v) is 2.70. The summed E-state index contributed by atoms with van der Waals surface area (Å²) in [6, 6.07) is 3.74. The van der Waals surface area contributed by atoms with E-state index < -0.39 is 10.8 Å². The van der Waals surface area contributed by atoms with Crippen molar-refractivity contribution >= 4 is 29.0 Å². The standard InChI is InChI=1S/C12H13ClN2O4/c1-7(2)11(16)6-14-12(17)9-4-3-8(13)5-10(9)15(18)19/h3-5,7H,6H2,1-2H3,(H,14,17). The van der Waals surface area contributed by atoms with Gasteiger partial charge in [0.2, 0.25) is 0 Å². The van der Waals surface area contributed by atoms with E-state index >= 15 is 0 Å². The highest BCUT2D eigenvalue weighted by molar-refractivity contribution is 6.31. The Balaban J connectivity index is 2.88. The van der Waals surface area contributed by atoms with Gasteiger partial charge in [-0.1, -0.05) is 25.4 Å². The summed E-state index contributed by atoms with van der Waals surface area (Å²) >= 11 is 5.64. The van der Waals surface area contributed by atoms with Gasteiger partial charge in [-0.2, -0.15) is 0 Å². The molecule has 1 rings (SSSR count). The van der Waals surface area contributed by atoms with Crippen LogP contribution in [0.15, 0.2) is 18.2 Å². The normalized spacial score (nSPS) is 10.3. The number of Topliss-reactive ketones (excluding diaryl/α,β-unsaturated/α-hetero) is 1. The molecule has 0 saturated carbocycles. The molecule has 1 aromatic rings. The third kappa shape index (κ3) is 4.03. The molecule has 1 amide bonds. The first-order chi connectivity index (χ1) is 8.82. The average Bonchev–Trinajstić information content (AvgIpc) is 2.35. The molecule has 102 valence electrons. The van der Waals surface area contributed by atoms with Crippen LogP contribution in [0.25, 0.3) is 0 Å². The van der Waals surface area contributed by atoms with Crippen LogP contribution in [-0.2, 0) is 4.79 Å². The molecule has 0 unspecified atom stereocenters. The fourth-order valence-electron chi connectivity index (χ4n) is 1.31. The summed E-state index contributed by atoms with van der Waals surface area (Å²) in [5.41, 5.74) is -0.507. The van der Waals surface area contributed by atoms with Crippen LogP contribution >= 0.6 is 11.6 Å². The zero-order valence-corrected chi connectivity index (χ0v) is 11.2. The lowest BCUT2D eigenvalue weighted by atomic mass is 10.1. The molecule has 0 saturated heterocycles. The molecular weight excluding hydrogens is 272 g/mol. The van der Waals surface area contributed by atoms with Crippen LogP contribution in [0, 0.1) is 16.0 Å². The number of halogens is 1. The summed E-state index contributed by atoms with van der Waals surface area (Å²) in [6.07, 6.45) is 0. The van der Waals surface area contributed by atoms with Crippen molar-refractivity contribution in [1.29, 1.82) is 0 Å². The summed E-state index contributed by atoms with van der Waals surface area (Å²) in [6.45, 7) is 3.26. The number of nitro groups is 1. The van der Waals surface area contributed by atoms with Crippen molar-refractivity contribution in [3.63, 3.8) is 0 Å². The lowest BCUT2D eigenvalue weighted by Gasteiger charge is -2.07. The van der Waals surface area contributed by atoms with Crippen molar-refractivity contribution < 1.29 is 14.5 Å². The molecule has 0 aliphatic carbocycles. The van der Waals surface area contributed by atoms with E-state index in [9.17, 15) is 19.7 Å². The van der Waals surface area contributed by atoms with Crippen molar-refractivity contribution in [3.8, 4) is 0 Å². The van der Waals surface area contributed by atoms with E-state index in [1.165, 1.54) is 12.1 Å². The lowest BCUT2D eigenvalue weighted by Crippen LogP contribution is -2.31. The number of rotatable bonds is 5. The van der Waals surface area contributed by atoms with E-state index in [1.54, 1.807) is 13.8 Å². The first kappa shape index (κ1) is 15.1. The first-order valence-electron chi connectivity index (χ1n) is 5.57. The van der Waals surface area contributed by atoms with Crippen LogP contribution in [0.5, 0.6) is 0 Å². The van der Waals surface area contributed by atoms with Gasteiger partial charge in [-0.15, -0.1) is 0 Å². The van der Waals surface area contributed by atoms with E-state index in [1.807, 2.05) is 0 Å². The number of carbonyl (C=O) groups is 2. The van der Waals surface area contributed by atoms with E-state index in [2.05, 4.69) is 5.32 Å². The van der Waals surface area contributed by atoms with Crippen molar-refractivity contribution in [2.45, 2.75) is 13.8 Å². The van der Waals surface area contributed by atoms with E-state index in [0.717, 1.165) is 6.07 Å². The number of carbonyl (C=O) groups excluding carboxylic acids is 2. The van der Waals surface area contributed by atoms with E-state index in [-0.39, 0.29) is 34.5 Å². The highest BCUT2D eigenvalue weighted by Crippen LogP contribution is 2.22. The van der Waals surface area contributed by atoms with Gasteiger partial charge in [-0.25, -0.2) is 0 Å². The fourth-order valence-corrected chi connectivity index (χ4v) is 1.48. The van der Waals surface area contributed by atoms with Gasteiger partial charge in [0.15, 0.2) is 5.78 Å². The molecule has 0 atom stereocenters. The highest BCUT2D eigenvalue weighted by Gasteiger charge is 2.21. The molecule has 19 heavy (non-hydrogen) atoms. The summed E-state index contributed by atoms with van der Waals surface area (Å²) in [7, 11) is 0. The van der Waals surface area contributed by atoms with Crippen molar-refractivity contribution in [3.05, 3.63) is 38.9 Å². The molecule has 0 fully saturated rings. The largest absolute Gasteiger partial charge is 0.345 e. The maximum atomic E-state index is 11.8. The van der Waals surface area contributed by atoms with E-state index in [4.69, 9.17) is 11.6 Å². The maximum Gasteiger partial charge on any atom is 0.283 e. The SMILES string of the molecule is CC(C)C(=O)CNC(=O)c1ccc(Cl)cc1[N+](=O)[O-]. The van der Waals surface area contributed by atoms with Crippen LogP contribution in [-0.4, -0.2) is 23.2 Å². The molecule has 0 aliphatic heterocycles. The maximum absolute atomic E-state index is 11.8. The van der Waals surface area contributed by atoms with Gasteiger partial charge < -0.3 is 5.32 Å². The number of hydrogen-bond acceptors (Lipinski definition) is 4. The minimum absolute atomic E-state index is 0.119. The van der Waals surface area contributed by atoms with Gasteiger partial charge in [-0.05, 0) is 12.1 Å². The van der Waals surface area contributed by atoms with Gasteiger partial charge in [0.05, 0.1) is 11.5 Å². The number of nitro benzene ring substituents is 1. The summed E-state index contributed by atoms with van der Waals surface area (Å²) in [4.78, 5) is 33.3. The second-order valence-corrected chi connectivity index (χ2v) is 4.66. The molecule has 0 aromatic heterocycles. The van der Waals surface area contributed by atoms with Gasteiger partial charge in [0.1, 0.15) is 5.56 Å². The topological polar surface area (TPSA) is 89.3 Å². The van der Waals surface area contributed by atoms with E-state index in [0.29, 0.717) is 0 Å². The number of hydrogen-bond donors (Lipinski definition) is 1. The van der Waals surface area contributed by atoms with Gasteiger partial charge in [0, 0.05) is 17.0 Å². The van der Waals surface area contributed by atoms with Crippen LogP contribution in [0.4, 0.5) is 5.69 Å². The molecule has 0 radical (unpaired) electrons.